The molecule has 1 aromatic carbocycles. The fourth-order valence-electron chi connectivity index (χ4n) is 2.47. The van der Waals surface area contributed by atoms with Crippen molar-refractivity contribution in [2.45, 2.75) is 25.9 Å². The molecule has 1 aliphatic heterocycles. The Hall–Kier alpha value is -0.850. The second kappa shape index (κ2) is 10.8. The maximum atomic E-state index is 12.2. The molecule has 2 atom stereocenters. The van der Waals surface area contributed by atoms with E-state index in [0.717, 1.165) is 44.0 Å². The predicted molar refractivity (Wildman–Crippen MR) is 97.5 cm³/mol. The number of amides is 1. The molecule has 0 spiro atoms. The lowest BCUT2D eigenvalue weighted by atomic mass is 10.1. The molecule has 1 heterocycles. The highest BCUT2D eigenvalue weighted by Gasteiger charge is 2.19. The van der Waals surface area contributed by atoms with Crippen molar-refractivity contribution < 1.29 is 9.53 Å². The molecular weight excluding hydrogens is 337 g/mol. The largest absolute Gasteiger partial charge is 0.379 e. The number of hydrogen-bond donors (Lipinski definition) is 2. The first-order valence-electron chi connectivity index (χ1n) is 7.49. The summed E-state index contributed by atoms with van der Waals surface area (Å²) >= 11 is 0. The first-order chi connectivity index (χ1) is 10.1. The van der Waals surface area contributed by atoms with Gasteiger partial charge in [-0.2, -0.15) is 0 Å². The van der Waals surface area contributed by atoms with Gasteiger partial charge < -0.3 is 15.8 Å². The minimum absolute atomic E-state index is 0. The smallest absolute Gasteiger partial charge is 0.241 e. The number of hydrogen-bond acceptors (Lipinski definition) is 4. The number of nitrogens with one attached hydrogen (secondary N) is 1. The SMILES string of the molecule is Cc1ccc(C(N)C(=O)NC(C)CN2CCOCC2)cc1.Cl.Cl. The molecule has 1 amide bonds. The van der Waals surface area contributed by atoms with E-state index in [9.17, 15) is 4.79 Å². The van der Waals surface area contributed by atoms with Gasteiger partial charge in [-0.1, -0.05) is 29.8 Å². The summed E-state index contributed by atoms with van der Waals surface area (Å²) in [6, 6.07) is 7.22. The van der Waals surface area contributed by atoms with Crippen molar-refractivity contribution in [3.8, 4) is 0 Å². The van der Waals surface area contributed by atoms with Crippen molar-refractivity contribution in [2.75, 3.05) is 32.8 Å². The van der Waals surface area contributed by atoms with Gasteiger partial charge in [0.2, 0.25) is 5.91 Å². The second-order valence-electron chi connectivity index (χ2n) is 5.71. The number of morpholine rings is 1. The van der Waals surface area contributed by atoms with Crippen molar-refractivity contribution in [3.63, 3.8) is 0 Å². The molecule has 0 saturated carbocycles. The maximum Gasteiger partial charge on any atom is 0.241 e. The zero-order chi connectivity index (χ0) is 15.2. The molecule has 0 radical (unpaired) electrons. The molecule has 132 valence electrons. The summed E-state index contributed by atoms with van der Waals surface area (Å²) in [5.74, 6) is -0.125. The zero-order valence-electron chi connectivity index (χ0n) is 13.7. The van der Waals surface area contributed by atoms with Gasteiger partial charge in [-0.3, -0.25) is 9.69 Å². The lowest BCUT2D eigenvalue weighted by Crippen LogP contribution is -2.47. The Morgan fingerprint density at radius 2 is 1.83 bits per heavy atom. The number of nitrogens with zero attached hydrogens (tertiary/aromatic N) is 1. The van der Waals surface area contributed by atoms with Crippen molar-refractivity contribution in [1.29, 1.82) is 0 Å². The van der Waals surface area contributed by atoms with Crippen LogP contribution in [0.2, 0.25) is 0 Å². The van der Waals surface area contributed by atoms with E-state index in [1.807, 2.05) is 38.1 Å². The number of ether oxygens (including phenoxy) is 1. The first kappa shape index (κ1) is 22.1. The summed E-state index contributed by atoms with van der Waals surface area (Å²) in [6.45, 7) is 8.23. The van der Waals surface area contributed by atoms with Gasteiger partial charge in [-0.05, 0) is 19.4 Å². The van der Waals surface area contributed by atoms with Crippen LogP contribution in [0.25, 0.3) is 0 Å². The monoisotopic (exact) mass is 363 g/mol. The minimum atomic E-state index is -0.613. The fraction of sp³-hybridized carbons (Fsp3) is 0.562. The fourth-order valence-corrected chi connectivity index (χ4v) is 2.47. The van der Waals surface area contributed by atoms with Gasteiger partial charge in [-0.15, -0.1) is 24.8 Å². The molecule has 2 unspecified atom stereocenters. The van der Waals surface area contributed by atoms with E-state index >= 15 is 0 Å². The number of carbonyl (C=O) groups is 1. The van der Waals surface area contributed by atoms with Crippen LogP contribution in [0.4, 0.5) is 0 Å². The van der Waals surface area contributed by atoms with Crippen LogP contribution in [0, 0.1) is 6.92 Å². The van der Waals surface area contributed by atoms with Crippen LogP contribution < -0.4 is 11.1 Å². The molecule has 2 rings (SSSR count). The number of rotatable bonds is 5. The molecule has 1 aliphatic rings. The average molecular weight is 364 g/mol. The minimum Gasteiger partial charge on any atom is -0.379 e. The second-order valence-corrected chi connectivity index (χ2v) is 5.71. The molecule has 1 fully saturated rings. The lowest BCUT2D eigenvalue weighted by molar-refractivity contribution is -0.123. The van der Waals surface area contributed by atoms with Gasteiger partial charge >= 0.3 is 0 Å². The van der Waals surface area contributed by atoms with Crippen molar-refractivity contribution in [3.05, 3.63) is 35.4 Å². The quantitative estimate of drug-likeness (QED) is 0.834. The summed E-state index contributed by atoms with van der Waals surface area (Å²) in [5.41, 5.74) is 8.03. The standard InChI is InChI=1S/C16H25N3O2.2ClH/c1-12-3-5-14(6-4-12)15(17)16(20)18-13(2)11-19-7-9-21-10-8-19;;/h3-6,13,15H,7-11,17H2,1-2H3,(H,18,20);2*1H. The molecule has 0 bridgehead atoms. The van der Waals surface area contributed by atoms with E-state index in [1.54, 1.807) is 0 Å². The van der Waals surface area contributed by atoms with E-state index < -0.39 is 6.04 Å². The number of aryl methyl sites for hydroxylation is 1. The van der Waals surface area contributed by atoms with Gasteiger partial charge in [0.05, 0.1) is 13.2 Å². The van der Waals surface area contributed by atoms with Crippen LogP contribution in [0.3, 0.4) is 0 Å². The highest BCUT2D eigenvalue weighted by Crippen LogP contribution is 2.12. The number of benzene rings is 1. The normalized spacial score (nSPS) is 17.3. The summed E-state index contributed by atoms with van der Waals surface area (Å²) in [5, 5.41) is 2.99. The lowest BCUT2D eigenvalue weighted by Gasteiger charge is -2.29. The molecule has 3 N–H and O–H groups in total. The molecule has 1 saturated heterocycles. The molecule has 1 aromatic rings. The van der Waals surface area contributed by atoms with Crippen LogP contribution >= 0.6 is 24.8 Å². The van der Waals surface area contributed by atoms with Gasteiger partial charge in [0.1, 0.15) is 6.04 Å². The summed E-state index contributed by atoms with van der Waals surface area (Å²) in [7, 11) is 0. The Balaban J connectivity index is 0.00000242. The highest BCUT2D eigenvalue weighted by atomic mass is 35.5. The van der Waals surface area contributed by atoms with Crippen LogP contribution in [-0.2, 0) is 9.53 Å². The average Bonchev–Trinajstić information content (AvgIpc) is 2.48. The number of carbonyl (C=O) groups excluding carboxylic acids is 1. The van der Waals surface area contributed by atoms with E-state index in [4.69, 9.17) is 10.5 Å². The Labute approximate surface area is 150 Å². The third kappa shape index (κ3) is 7.06. The number of halogens is 2. The Bertz CT molecular complexity index is 465. The van der Waals surface area contributed by atoms with Gasteiger partial charge in [0.25, 0.3) is 0 Å². The summed E-state index contributed by atoms with van der Waals surface area (Å²) < 4.78 is 5.32. The van der Waals surface area contributed by atoms with Gasteiger partial charge in [-0.25, -0.2) is 0 Å². The van der Waals surface area contributed by atoms with Crippen molar-refractivity contribution >= 4 is 30.7 Å². The predicted octanol–water partition coefficient (Wildman–Crippen LogP) is 1.68. The Kier molecular flexibility index (Phi) is 10.4. The van der Waals surface area contributed by atoms with E-state index in [1.165, 1.54) is 0 Å². The molecule has 5 nitrogen and oxygen atoms in total. The third-order valence-electron chi connectivity index (χ3n) is 3.74. The Morgan fingerprint density at radius 3 is 2.39 bits per heavy atom. The van der Waals surface area contributed by atoms with Gasteiger partial charge in [0.15, 0.2) is 0 Å². The van der Waals surface area contributed by atoms with E-state index in [0.29, 0.717) is 0 Å². The Morgan fingerprint density at radius 1 is 1.26 bits per heavy atom. The topological polar surface area (TPSA) is 67.6 Å². The first-order valence-corrected chi connectivity index (χ1v) is 7.49. The van der Waals surface area contributed by atoms with E-state index in [-0.39, 0.29) is 36.8 Å². The van der Waals surface area contributed by atoms with Crippen molar-refractivity contribution in [1.82, 2.24) is 10.2 Å². The van der Waals surface area contributed by atoms with Crippen LogP contribution in [0.5, 0.6) is 0 Å². The summed E-state index contributed by atoms with van der Waals surface area (Å²) in [6.07, 6.45) is 0. The maximum absolute atomic E-state index is 12.2. The van der Waals surface area contributed by atoms with Crippen LogP contribution in [0.15, 0.2) is 24.3 Å². The zero-order valence-corrected chi connectivity index (χ0v) is 15.3. The van der Waals surface area contributed by atoms with Crippen molar-refractivity contribution in [2.24, 2.45) is 5.73 Å². The third-order valence-corrected chi connectivity index (χ3v) is 3.74. The number of nitrogens with two attached hydrogens (primary N) is 1. The molecule has 0 aliphatic carbocycles. The van der Waals surface area contributed by atoms with Crippen LogP contribution in [0.1, 0.15) is 24.1 Å². The molecule has 0 aromatic heterocycles. The molecular formula is C16H27Cl2N3O2. The highest BCUT2D eigenvalue weighted by molar-refractivity contribution is 5.85. The molecule has 23 heavy (non-hydrogen) atoms. The van der Waals surface area contributed by atoms with Crippen LogP contribution in [-0.4, -0.2) is 49.7 Å². The molecule has 7 heteroatoms. The van der Waals surface area contributed by atoms with E-state index in [2.05, 4.69) is 10.2 Å². The van der Waals surface area contributed by atoms with Gasteiger partial charge in [0, 0.05) is 25.7 Å². The summed E-state index contributed by atoms with van der Waals surface area (Å²) in [4.78, 5) is 14.5.